The quantitative estimate of drug-likeness (QED) is 0.824. The number of carbonyl (C=O) groups excluding carboxylic acids is 1. The number of rotatable bonds is 2. The summed E-state index contributed by atoms with van der Waals surface area (Å²) < 4.78 is 1.01. The van der Waals surface area contributed by atoms with Gasteiger partial charge in [0.25, 0.3) is 0 Å². The Morgan fingerprint density at radius 1 is 1.25 bits per heavy atom. The molecule has 1 aromatic carbocycles. The molecule has 0 saturated carbocycles. The third-order valence-electron chi connectivity index (χ3n) is 3.19. The van der Waals surface area contributed by atoms with Crippen LogP contribution in [-0.4, -0.2) is 16.6 Å². The lowest BCUT2D eigenvalue weighted by Crippen LogP contribution is -2.27. The number of thioether (sulfide) groups is 1. The predicted molar refractivity (Wildman–Crippen MR) is 85.8 cm³/mol. The lowest BCUT2D eigenvalue weighted by molar-refractivity contribution is -0.115. The molecule has 0 N–H and O–H groups in total. The molecule has 0 radical (unpaired) electrons. The first-order chi connectivity index (χ1) is 9.65. The summed E-state index contributed by atoms with van der Waals surface area (Å²) in [6.07, 6.45) is 1.86. The van der Waals surface area contributed by atoms with Crippen molar-refractivity contribution in [3.63, 3.8) is 0 Å². The fraction of sp³-hybridized carbons (Fsp3) is 0.200. The number of halogens is 1. The molecule has 1 saturated heterocycles. The molecule has 1 aliphatic heterocycles. The van der Waals surface area contributed by atoms with Crippen molar-refractivity contribution in [3.05, 3.63) is 58.3 Å². The van der Waals surface area contributed by atoms with Crippen LogP contribution in [0.1, 0.15) is 16.6 Å². The first-order valence-electron chi connectivity index (χ1n) is 6.27. The average molecular weight is 349 g/mol. The first-order valence-corrected chi connectivity index (χ1v) is 8.11. The summed E-state index contributed by atoms with van der Waals surface area (Å²) in [6, 6.07) is 11.9. The Hall–Kier alpha value is -1.33. The Morgan fingerprint density at radius 3 is 2.65 bits per heavy atom. The molecule has 1 aromatic heterocycles. The lowest BCUT2D eigenvalue weighted by Gasteiger charge is -2.24. The lowest BCUT2D eigenvalue weighted by atomic mass is 10.2. The maximum atomic E-state index is 12.2. The standard InChI is InChI=1S/C15H13BrN2OS/c1-10-2-3-11(8-17-10)15-18(14(19)9-20-15)13-6-4-12(16)5-7-13/h2-8,15H,9H2,1H3/t15-/m1/s1. The molecule has 3 rings (SSSR count). The molecule has 1 fully saturated rings. The summed E-state index contributed by atoms with van der Waals surface area (Å²) in [5.74, 6) is 0.650. The number of aryl methyl sites for hydroxylation is 1. The highest BCUT2D eigenvalue weighted by atomic mass is 79.9. The zero-order valence-corrected chi connectivity index (χ0v) is 13.3. The van der Waals surface area contributed by atoms with Gasteiger partial charge in [-0.05, 0) is 37.3 Å². The van der Waals surface area contributed by atoms with E-state index in [0.717, 1.165) is 21.4 Å². The van der Waals surface area contributed by atoms with Gasteiger partial charge in [0, 0.05) is 27.6 Å². The van der Waals surface area contributed by atoms with Gasteiger partial charge in [0.05, 0.1) is 5.75 Å². The van der Waals surface area contributed by atoms with E-state index in [-0.39, 0.29) is 11.3 Å². The van der Waals surface area contributed by atoms with Gasteiger partial charge in [-0.3, -0.25) is 14.7 Å². The van der Waals surface area contributed by atoms with Crippen molar-refractivity contribution in [1.82, 2.24) is 4.98 Å². The van der Waals surface area contributed by atoms with Gasteiger partial charge in [0.1, 0.15) is 5.37 Å². The highest BCUT2D eigenvalue weighted by Crippen LogP contribution is 2.41. The van der Waals surface area contributed by atoms with Crippen LogP contribution in [0.3, 0.4) is 0 Å². The van der Waals surface area contributed by atoms with Gasteiger partial charge in [0.2, 0.25) is 5.91 Å². The summed E-state index contributed by atoms with van der Waals surface area (Å²) in [7, 11) is 0. The van der Waals surface area contributed by atoms with Crippen LogP contribution in [0.4, 0.5) is 5.69 Å². The van der Waals surface area contributed by atoms with Crippen molar-refractivity contribution >= 4 is 39.3 Å². The van der Waals surface area contributed by atoms with Crippen LogP contribution >= 0.6 is 27.7 Å². The molecule has 1 atom stereocenters. The second-order valence-corrected chi connectivity index (χ2v) is 6.62. The summed E-state index contributed by atoms with van der Waals surface area (Å²) in [5, 5.41) is 0.0109. The second-order valence-electron chi connectivity index (χ2n) is 4.64. The van der Waals surface area contributed by atoms with Crippen molar-refractivity contribution in [2.24, 2.45) is 0 Å². The number of anilines is 1. The fourth-order valence-corrected chi connectivity index (χ4v) is 3.60. The summed E-state index contributed by atoms with van der Waals surface area (Å²) in [4.78, 5) is 18.4. The number of amides is 1. The molecule has 0 spiro atoms. The molecular formula is C15H13BrN2OS. The van der Waals surface area contributed by atoms with Crippen molar-refractivity contribution < 1.29 is 4.79 Å². The van der Waals surface area contributed by atoms with Gasteiger partial charge >= 0.3 is 0 Å². The van der Waals surface area contributed by atoms with Crippen molar-refractivity contribution in [3.8, 4) is 0 Å². The molecule has 1 amide bonds. The number of nitrogens with zero attached hydrogens (tertiary/aromatic N) is 2. The zero-order valence-electron chi connectivity index (χ0n) is 10.9. The average Bonchev–Trinajstić information content (AvgIpc) is 2.83. The van der Waals surface area contributed by atoms with Gasteiger partial charge < -0.3 is 0 Å². The normalized spacial score (nSPS) is 18.6. The van der Waals surface area contributed by atoms with E-state index >= 15 is 0 Å². The summed E-state index contributed by atoms with van der Waals surface area (Å²) >= 11 is 5.06. The van der Waals surface area contributed by atoms with E-state index < -0.39 is 0 Å². The van der Waals surface area contributed by atoms with Gasteiger partial charge in [0.15, 0.2) is 0 Å². The topological polar surface area (TPSA) is 33.2 Å². The van der Waals surface area contributed by atoms with Crippen LogP contribution in [0.15, 0.2) is 47.1 Å². The molecule has 0 aliphatic carbocycles. The highest BCUT2D eigenvalue weighted by molar-refractivity contribution is 9.10. The maximum absolute atomic E-state index is 12.2. The molecule has 0 unspecified atom stereocenters. The number of carbonyl (C=O) groups is 1. The molecule has 1 aliphatic rings. The van der Waals surface area contributed by atoms with Gasteiger partial charge in [-0.1, -0.05) is 22.0 Å². The van der Waals surface area contributed by atoms with Crippen LogP contribution in [0.2, 0.25) is 0 Å². The summed E-state index contributed by atoms with van der Waals surface area (Å²) in [6.45, 7) is 1.96. The Balaban J connectivity index is 1.96. The number of hydrogen-bond acceptors (Lipinski definition) is 3. The van der Waals surface area contributed by atoms with Gasteiger partial charge in [-0.2, -0.15) is 0 Å². The first kappa shape index (κ1) is 13.6. The number of aromatic nitrogens is 1. The van der Waals surface area contributed by atoms with Crippen molar-refractivity contribution in [1.29, 1.82) is 0 Å². The van der Waals surface area contributed by atoms with E-state index in [9.17, 15) is 4.79 Å². The highest BCUT2D eigenvalue weighted by Gasteiger charge is 2.34. The Kier molecular flexibility index (Phi) is 3.81. The van der Waals surface area contributed by atoms with Crippen LogP contribution in [0.25, 0.3) is 0 Å². The molecular weight excluding hydrogens is 336 g/mol. The Bertz CT molecular complexity index is 627. The number of pyridine rings is 1. The van der Waals surface area contributed by atoms with Crippen LogP contribution in [0.5, 0.6) is 0 Å². The van der Waals surface area contributed by atoms with Crippen LogP contribution in [0, 0.1) is 6.92 Å². The third-order valence-corrected chi connectivity index (χ3v) is 4.93. The van der Waals surface area contributed by atoms with Crippen molar-refractivity contribution in [2.45, 2.75) is 12.3 Å². The predicted octanol–water partition coefficient (Wildman–Crippen LogP) is 3.93. The minimum atomic E-state index is 0.0109. The number of benzene rings is 1. The minimum Gasteiger partial charge on any atom is -0.295 e. The smallest absolute Gasteiger partial charge is 0.238 e. The fourth-order valence-electron chi connectivity index (χ4n) is 2.18. The van der Waals surface area contributed by atoms with E-state index in [0.29, 0.717) is 5.75 Å². The molecule has 102 valence electrons. The minimum absolute atomic E-state index is 0.0109. The molecule has 2 heterocycles. The van der Waals surface area contributed by atoms with Crippen molar-refractivity contribution in [2.75, 3.05) is 10.7 Å². The molecule has 2 aromatic rings. The van der Waals surface area contributed by atoms with Gasteiger partial charge in [-0.25, -0.2) is 0 Å². The van der Waals surface area contributed by atoms with E-state index in [2.05, 4.69) is 20.9 Å². The monoisotopic (exact) mass is 348 g/mol. The summed E-state index contributed by atoms with van der Waals surface area (Å²) in [5.41, 5.74) is 2.97. The van der Waals surface area contributed by atoms with Crippen LogP contribution < -0.4 is 4.90 Å². The largest absolute Gasteiger partial charge is 0.295 e. The van der Waals surface area contributed by atoms with Crippen LogP contribution in [-0.2, 0) is 4.79 Å². The molecule has 0 bridgehead atoms. The molecule has 5 heteroatoms. The Labute approximate surface area is 130 Å². The van der Waals surface area contributed by atoms with E-state index in [1.54, 1.807) is 11.8 Å². The van der Waals surface area contributed by atoms with E-state index in [4.69, 9.17) is 0 Å². The second kappa shape index (κ2) is 5.58. The Morgan fingerprint density at radius 2 is 2.00 bits per heavy atom. The SMILES string of the molecule is Cc1ccc([C@H]2SCC(=O)N2c2ccc(Br)cc2)cn1. The van der Waals surface area contributed by atoms with Gasteiger partial charge in [-0.15, -0.1) is 11.8 Å². The van der Waals surface area contributed by atoms with E-state index in [1.165, 1.54) is 0 Å². The molecule has 20 heavy (non-hydrogen) atoms. The molecule has 3 nitrogen and oxygen atoms in total. The maximum Gasteiger partial charge on any atom is 0.238 e. The number of hydrogen-bond donors (Lipinski definition) is 0. The third kappa shape index (κ3) is 2.60. The van der Waals surface area contributed by atoms with E-state index in [1.807, 2.05) is 54.4 Å². The zero-order chi connectivity index (χ0) is 14.1.